The molecule has 1 aromatic rings. The van der Waals surface area contributed by atoms with Gasteiger partial charge in [0.2, 0.25) is 0 Å². The Morgan fingerprint density at radius 2 is 2.05 bits per heavy atom. The van der Waals surface area contributed by atoms with Gasteiger partial charge >= 0.3 is 0 Å². The number of nitrogens with zero attached hydrogens (tertiary/aromatic N) is 2. The van der Waals surface area contributed by atoms with E-state index in [9.17, 15) is 0 Å². The van der Waals surface area contributed by atoms with Gasteiger partial charge in [0.05, 0.1) is 10.7 Å². The summed E-state index contributed by atoms with van der Waals surface area (Å²) in [7, 11) is 0. The summed E-state index contributed by atoms with van der Waals surface area (Å²) in [5, 5.41) is 1.18. The standard InChI is InChI=1S/C16H29N3S/c1-5-19(15-9-7-6-8-14(15)10-17)12(3)16-11(2)18-13(4)20-16/h12,14-15H,5-10,17H2,1-4H3. The molecule has 114 valence electrons. The van der Waals surface area contributed by atoms with Crippen LogP contribution in [0, 0.1) is 19.8 Å². The van der Waals surface area contributed by atoms with Crippen molar-refractivity contribution in [2.24, 2.45) is 11.7 Å². The Kier molecular flexibility index (Phi) is 5.58. The second-order valence-electron chi connectivity index (χ2n) is 6.04. The molecule has 1 aliphatic carbocycles. The van der Waals surface area contributed by atoms with Gasteiger partial charge in [-0.15, -0.1) is 11.3 Å². The molecule has 1 fully saturated rings. The van der Waals surface area contributed by atoms with Crippen molar-refractivity contribution in [3.63, 3.8) is 0 Å². The third-order valence-corrected chi connectivity index (χ3v) is 6.02. The number of aryl methyl sites for hydroxylation is 2. The Bertz CT molecular complexity index is 429. The highest BCUT2D eigenvalue weighted by molar-refractivity contribution is 7.11. The van der Waals surface area contributed by atoms with Gasteiger partial charge in [-0.25, -0.2) is 4.98 Å². The summed E-state index contributed by atoms with van der Waals surface area (Å²) in [6, 6.07) is 1.11. The van der Waals surface area contributed by atoms with E-state index in [4.69, 9.17) is 5.73 Å². The van der Waals surface area contributed by atoms with Crippen molar-refractivity contribution in [2.75, 3.05) is 13.1 Å². The molecule has 0 amide bonds. The lowest BCUT2D eigenvalue weighted by Gasteiger charge is -2.42. The fourth-order valence-electron chi connectivity index (χ4n) is 3.78. The van der Waals surface area contributed by atoms with Crippen LogP contribution in [0.1, 0.15) is 61.2 Å². The average molecular weight is 295 g/mol. The third-order valence-electron chi connectivity index (χ3n) is 4.78. The minimum atomic E-state index is 0.461. The second-order valence-corrected chi connectivity index (χ2v) is 7.27. The molecule has 1 heterocycles. The van der Waals surface area contributed by atoms with E-state index in [0.717, 1.165) is 13.1 Å². The zero-order valence-electron chi connectivity index (χ0n) is 13.4. The zero-order chi connectivity index (χ0) is 14.7. The van der Waals surface area contributed by atoms with Gasteiger partial charge in [-0.05, 0) is 52.6 Å². The van der Waals surface area contributed by atoms with Crippen LogP contribution in [0.3, 0.4) is 0 Å². The lowest BCUT2D eigenvalue weighted by atomic mass is 9.83. The summed E-state index contributed by atoms with van der Waals surface area (Å²) in [4.78, 5) is 8.70. The Balaban J connectivity index is 2.20. The van der Waals surface area contributed by atoms with Crippen molar-refractivity contribution in [2.45, 2.75) is 65.5 Å². The van der Waals surface area contributed by atoms with Gasteiger partial charge in [0.25, 0.3) is 0 Å². The average Bonchev–Trinajstić information content (AvgIpc) is 2.79. The van der Waals surface area contributed by atoms with Crippen molar-refractivity contribution >= 4 is 11.3 Å². The summed E-state index contributed by atoms with van der Waals surface area (Å²) < 4.78 is 0. The van der Waals surface area contributed by atoms with Gasteiger partial charge in [-0.1, -0.05) is 19.8 Å². The molecule has 0 aromatic carbocycles. The Labute approximate surface area is 127 Å². The molecule has 0 saturated heterocycles. The van der Waals surface area contributed by atoms with E-state index in [1.54, 1.807) is 0 Å². The van der Waals surface area contributed by atoms with E-state index >= 15 is 0 Å². The number of hydrogen-bond acceptors (Lipinski definition) is 4. The molecule has 3 nitrogen and oxygen atoms in total. The number of hydrogen-bond donors (Lipinski definition) is 1. The van der Waals surface area contributed by atoms with Crippen LogP contribution >= 0.6 is 11.3 Å². The molecule has 2 N–H and O–H groups in total. The maximum Gasteiger partial charge on any atom is 0.0900 e. The topological polar surface area (TPSA) is 42.2 Å². The summed E-state index contributed by atoms with van der Waals surface area (Å²) in [5.41, 5.74) is 7.23. The van der Waals surface area contributed by atoms with Crippen molar-refractivity contribution in [3.8, 4) is 0 Å². The highest BCUT2D eigenvalue weighted by atomic mass is 32.1. The molecule has 1 aliphatic rings. The van der Waals surface area contributed by atoms with Gasteiger partial charge in [0.1, 0.15) is 0 Å². The summed E-state index contributed by atoms with van der Waals surface area (Å²) in [6.45, 7) is 10.8. The number of nitrogens with two attached hydrogens (primary N) is 1. The van der Waals surface area contributed by atoms with Crippen molar-refractivity contribution in [1.82, 2.24) is 9.88 Å². The molecule has 0 aliphatic heterocycles. The third kappa shape index (κ3) is 3.23. The molecule has 4 heteroatoms. The maximum atomic E-state index is 6.02. The minimum absolute atomic E-state index is 0.461. The van der Waals surface area contributed by atoms with Crippen LogP contribution in [-0.4, -0.2) is 29.0 Å². The van der Waals surface area contributed by atoms with E-state index in [-0.39, 0.29) is 0 Å². The molecule has 0 radical (unpaired) electrons. The quantitative estimate of drug-likeness (QED) is 0.901. The van der Waals surface area contributed by atoms with E-state index in [2.05, 4.69) is 37.6 Å². The first-order valence-corrected chi connectivity index (χ1v) is 8.79. The van der Waals surface area contributed by atoms with Crippen LogP contribution < -0.4 is 5.73 Å². The first-order valence-electron chi connectivity index (χ1n) is 7.98. The lowest BCUT2D eigenvalue weighted by molar-refractivity contribution is 0.0780. The highest BCUT2D eigenvalue weighted by Gasteiger charge is 2.32. The summed E-state index contributed by atoms with van der Waals surface area (Å²) in [6.07, 6.45) is 5.30. The fraction of sp³-hybridized carbons (Fsp3) is 0.812. The first-order chi connectivity index (χ1) is 9.58. The van der Waals surface area contributed by atoms with E-state index in [0.29, 0.717) is 18.0 Å². The maximum absolute atomic E-state index is 6.02. The van der Waals surface area contributed by atoms with E-state index in [1.807, 2.05) is 11.3 Å². The van der Waals surface area contributed by atoms with Gasteiger partial charge in [0, 0.05) is 17.0 Å². The SMILES string of the molecule is CCN(C(C)c1sc(C)nc1C)C1CCCCC1CN. The Hall–Kier alpha value is -0.450. The Morgan fingerprint density at radius 1 is 1.35 bits per heavy atom. The minimum Gasteiger partial charge on any atom is -0.330 e. The molecule has 0 spiro atoms. The summed E-state index contributed by atoms with van der Waals surface area (Å²) >= 11 is 1.85. The van der Waals surface area contributed by atoms with Crippen LogP contribution in [0.2, 0.25) is 0 Å². The molecule has 20 heavy (non-hydrogen) atoms. The van der Waals surface area contributed by atoms with Crippen LogP contribution in [0.4, 0.5) is 0 Å². The van der Waals surface area contributed by atoms with Crippen molar-refractivity contribution in [3.05, 3.63) is 15.6 Å². The van der Waals surface area contributed by atoms with Crippen molar-refractivity contribution < 1.29 is 0 Å². The normalized spacial score (nSPS) is 25.1. The van der Waals surface area contributed by atoms with E-state index in [1.165, 1.54) is 41.3 Å². The van der Waals surface area contributed by atoms with Gasteiger partial charge < -0.3 is 5.73 Å². The zero-order valence-corrected chi connectivity index (χ0v) is 14.2. The summed E-state index contributed by atoms with van der Waals surface area (Å²) in [5.74, 6) is 0.667. The Morgan fingerprint density at radius 3 is 2.60 bits per heavy atom. The largest absolute Gasteiger partial charge is 0.330 e. The number of rotatable bonds is 5. The van der Waals surface area contributed by atoms with Crippen LogP contribution in [-0.2, 0) is 0 Å². The molecule has 3 atom stereocenters. The molecule has 3 unspecified atom stereocenters. The first kappa shape index (κ1) is 15.9. The molecular formula is C16H29N3S. The van der Waals surface area contributed by atoms with Crippen molar-refractivity contribution in [1.29, 1.82) is 0 Å². The van der Waals surface area contributed by atoms with Gasteiger partial charge in [-0.2, -0.15) is 0 Å². The monoisotopic (exact) mass is 295 g/mol. The lowest BCUT2D eigenvalue weighted by Crippen LogP contribution is -2.46. The number of thiazole rings is 1. The predicted octanol–water partition coefficient (Wildman–Crippen LogP) is 3.66. The van der Waals surface area contributed by atoms with Gasteiger partial charge in [-0.3, -0.25) is 4.90 Å². The van der Waals surface area contributed by atoms with E-state index < -0.39 is 0 Å². The van der Waals surface area contributed by atoms with Crippen LogP contribution in [0.5, 0.6) is 0 Å². The molecule has 0 bridgehead atoms. The van der Waals surface area contributed by atoms with Crippen LogP contribution in [0.25, 0.3) is 0 Å². The smallest absolute Gasteiger partial charge is 0.0900 e. The van der Waals surface area contributed by atoms with Crippen LogP contribution in [0.15, 0.2) is 0 Å². The predicted molar refractivity (Wildman–Crippen MR) is 87.2 cm³/mol. The fourth-order valence-corrected chi connectivity index (χ4v) is 4.78. The highest BCUT2D eigenvalue weighted by Crippen LogP contribution is 2.36. The molecular weight excluding hydrogens is 266 g/mol. The number of aromatic nitrogens is 1. The van der Waals surface area contributed by atoms with Gasteiger partial charge in [0.15, 0.2) is 0 Å². The second kappa shape index (κ2) is 7.01. The molecule has 2 rings (SSSR count). The molecule has 1 saturated carbocycles. The molecule has 1 aromatic heterocycles.